The molecule has 5 rings (SSSR count). The summed E-state index contributed by atoms with van der Waals surface area (Å²) in [5, 5.41) is 7.00. The summed E-state index contributed by atoms with van der Waals surface area (Å²) in [5.74, 6) is -1.40. The number of carbonyl (C=O) groups is 3. The van der Waals surface area contributed by atoms with Crippen LogP contribution >= 0.6 is 12.4 Å². The number of aliphatic hydroxyl groups excluding tert-OH is 1. The van der Waals surface area contributed by atoms with E-state index < -0.39 is 17.5 Å². The molecule has 10 nitrogen and oxygen atoms in total. The Bertz CT molecular complexity index is 1560. The van der Waals surface area contributed by atoms with Gasteiger partial charge in [0.2, 0.25) is 17.5 Å². The van der Waals surface area contributed by atoms with Crippen molar-refractivity contribution in [3.63, 3.8) is 0 Å². The molecular weight excluding hydrogens is 607 g/mol. The van der Waals surface area contributed by atoms with Crippen LogP contribution in [0.4, 0.5) is 0 Å². The first-order chi connectivity index (χ1) is 20.4. The first-order valence-corrected chi connectivity index (χ1v) is 12.7. The second kappa shape index (κ2) is 24.1. The number of nitrogens with two attached hydrogens (primary N) is 2. The quantitative estimate of drug-likeness (QED) is 0.120. The van der Waals surface area contributed by atoms with E-state index in [1.165, 1.54) is 6.20 Å². The summed E-state index contributed by atoms with van der Waals surface area (Å²) in [6.07, 6.45) is 1.31. The average Bonchev–Trinajstić information content (AvgIpc) is 3.07. The molecule has 45 heavy (non-hydrogen) atoms. The minimum Gasteiger partial charge on any atom is -0.870 e. The molecule has 1 aromatic heterocycles. The molecule has 0 aliphatic rings. The first-order valence-electron chi connectivity index (χ1n) is 12.7. The number of hydrogen-bond donors (Lipinski definition) is 4. The number of carbonyl (C=O) groups excluding carboxylic acids is 3. The average molecular weight is 641 g/mol. The third-order valence-electron chi connectivity index (χ3n) is 5.38. The molecule has 0 aliphatic heterocycles. The standard InChI is InChI=1S/C16H12N2O.C14H10O2.C2H6N2O.CH4O.ClH.Na.H2O/c19-14-11-17-15(12-7-3-1-4-8-12)16(18-14)13-9-5-2-6-10-13;15-13(11-7-3-1-4-8-11)14(16)12-9-5-2-6-10-12;3-1-2(4)5;1-2;;;/h1-11H,(H,18,19);1-10H;1,3H2,(H2,4,5);2H,1H3;1H;;1H2/q;;;;;+1;/p-1. The number of Topliss-reactive ketones (excluding diaryl/α,β-unsaturated/α-hetero) is 2. The SMILES string of the molecule is CO.Cl.NCC(N)=O.O=C(C(=O)c1ccccc1)c1ccccc1.O=c1cnc(-c2ccccc2)c(-c2ccccc2)[nH]1.[Na+].[OH-]. The molecule has 0 radical (unpaired) electrons. The number of nitrogens with zero attached hydrogens (tertiary/aromatic N) is 1. The van der Waals surface area contributed by atoms with Gasteiger partial charge in [-0.1, -0.05) is 121 Å². The van der Waals surface area contributed by atoms with E-state index in [2.05, 4.69) is 15.7 Å². The predicted molar refractivity (Wildman–Crippen MR) is 173 cm³/mol. The predicted octanol–water partition coefficient (Wildman–Crippen LogP) is 1.14. The molecule has 7 N–H and O–H groups in total. The van der Waals surface area contributed by atoms with E-state index in [1.54, 1.807) is 48.5 Å². The normalized spacial score (nSPS) is 8.78. The van der Waals surface area contributed by atoms with Crippen molar-refractivity contribution in [3.8, 4) is 22.5 Å². The third-order valence-corrected chi connectivity index (χ3v) is 5.38. The van der Waals surface area contributed by atoms with E-state index in [0.29, 0.717) is 11.1 Å². The zero-order chi connectivity index (χ0) is 30.7. The van der Waals surface area contributed by atoms with Gasteiger partial charge in [-0.2, -0.15) is 0 Å². The molecule has 4 aromatic carbocycles. The summed E-state index contributed by atoms with van der Waals surface area (Å²) in [5.41, 5.74) is 13.4. The van der Waals surface area contributed by atoms with Crippen LogP contribution in [-0.4, -0.2) is 51.7 Å². The summed E-state index contributed by atoms with van der Waals surface area (Å²) in [6.45, 7) is -0.0556. The summed E-state index contributed by atoms with van der Waals surface area (Å²) < 4.78 is 0. The second-order valence-electron chi connectivity index (χ2n) is 8.26. The fraction of sp³-hybridized carbons (Fsp3) is 0.0606. The Morgan fingerprint density at radius 2 is 1.02 bits per heavy atom. The number of hydrogen-bond acceptors (Lipinski definition) is 8. The van der Waals surface area contributed by atoms with Crippen LogP contribution in [0.15, 0.2) is 132 Å². The number of benzene rings is 4. The van der Waals surface area contributed by atoms with E-state index in [4.69, 9.17) is 10.8 Å². The van der Waals surface area contributed by atoms with Crippen molar-refractivity contribution in [1.82, 2.24) is 9.97 Å². The molecule has 0 fully saturated rings. The van der Waals surface area contributed by atoms with Crippen LogP contribution in [0.1, 0.15) is 20.7 Å². The van der Waals surface area contributed by atoms with E-state index in [-0.39, 0.29) is 59.5 Å². The fourth-order valence-corrected chi connectivity index (χ4v) is 3.47. The molecule has 12 heteroatoms. The molecule has 0 atom stereocenters. The molecule has 5 aromatic rings. The maximum Gasteiger partial charge on any atom is 1.00 e. The number of ketones is 2. The van der Waals surface area contributed by atoms with E-state index in [1.807, 2.05) is 72.8 Å². The molecule has 0 saturated carbocycles. The Hall–Kier alpha value is -4.26. The van der Waals surface area contributed by atoms with Crippen LogP contribution in [0.3, 0.4) is 0 Å². The zero-order valence-electron chi connectivity index (χ0n) is 24.9. The molecule has 1 heterocycles. The van der Waals surface area contributed by atoms with E-state index in [9.17, 15) is 19.2 Å². The summed E-state index contributed by atoms with van der Waals surface area (Å²) >= 11 is 0. The number of rotatable bonds is 6. The minimum atomic E-state index is -0.468. The van der Waals surface area contributed by atoms with Crippen molar-refractivity contribution in [1.29, 1.82) is 0 Å². The molecule has 0 bridgehead atoms. The summed E-state index contributed by atoms with van der Waals surface area (Å²) in [4.78, 5) is 51.7. The first kappa shape index (κ1) is 42.9. The van der Waals surface area contributed by atoms with Crippen molar-refractivity contribution >= 4 is 29.9 Å². The van der Waals surface area contributed by atoms with Gasteiger partial charge in [-0.15, -0.1) is 12.4 Å². The molecule has 1 amide bonds. The number of aromatic amines is 1. The number of halogens is 1. The maximum atomic E-state index is 11.8. The zero-order valence-corrected chi connectivity index (χ0v) is 27.7. The molecule has 0 saturated heterocycles. The molecule has 0 spiro atoms. The Kier molecular flexibility index (Phi) is 23.0. The number of primary amides is 1. The monoisotopic (exact) mass is 640 g/mol. The van der Waals surface area contributed by atoms with Gasteiger partial charge in [-0.3, -0.25) is 19.2 Å². The van der Waals surface area contributed by atoms with Gasteiger partial charge in [0, 0.05) is 29.4 Å². The van der Waals surface area contributed by atoms with Crippen molar-refractivity contribution in [2.24, 2.45) is 11.5 Å². The van der Waals surface area contributed by atoms with Crippen LogP contribution in [-0.2, 0) is 4.79 Å². The van der Waals surface area contributed by atoms with Gasteiger partial charge in [0.15, 0.2) is 0 Å². The smallest absolute Gasteiger partial charge is 0.870 e. The topological polar surface area (TPSA) is 199 Å². The second-order valence-corrected chi connectivity index (χ2v) is 8.26. The summed E-state index contributed by atoms with van der Waals surface area (Å²) in [7, 11) is 1.00. The Labute approximate surface area is 289 Å². The molecule has 0 unspecified atom stereocenters. The molecular formula is C33H34ClN4NaO6. The Morgan fingerprint density at radius 3 is 1.38 bits per heavy atom. The number of aliphatic hydroxyl groups is 1. The van der Waals surface area contributed by atoms with Crippen LogP contribution in [0.25, 0.3) is 22.5 Å². The Balaban J connectivity index is 0. The van der Waals surface area contributed by atoms with Crippen molar-refractivity contribution in [2.75, 3.05) is 13.7 Å². The van der Waals surface area contributed by atoms with Crippen LogP contribution in [0.5, 0.6) is 0 Å². The van der Waals surface area contributed by atoms with Gasteiger partial charge >= 0.3 is 29.6 Å². The minimum absolute atomic E-state index is 0. The summed E-state index contributed by atoms with van der Waals surface area (Å²) in [6, 6.07) is 36.7. The molecule has 0 aliphatic carbocycles. The largest absolute Gasteiger partial charge is 1.00 e. The van der Waals surface area contributed by atoms with Gasteiger partial charge in [0.05, 0.1) is 24.1 Å². The third kappa shape index (κ3) is 14.4. The van der Waals surface area contributed by atoms with Gasteiger partial charge in [0.1, 0.15) is 0 Å². The van der Waals surface area contributed by atoms with Gasteiger partial charge < -0.3 is 27.0 Å². The number of nitrogens with one attached hydrogen (secondary N) is 1. The van der Waals surface area contributed by atoms with Crippen LogP contribution < -0.4 is 46.6 Å². The van der Waals surface area contributed by atoms with E-state index >= 15 is 0 Å². The van der Waals surface area contributed by atoms with Crippen molar-refractivity contribution in [3.05, 3.63) is 149 Å². The van der Waals surface area contributed by atoms with Crippen molar-refractivity contribution < 1.29 is 54.5 Å². The van der Waals surface area contributed by atoms with E-state index in [0.717, 1.165) is 29.6 Å². The van der Waals surface area contributed by atoms with Crippen LogP contribution in [0, 0.1) is 0 Å². The number of amides is 1. The van der Waals surface area contributed by atoms with Gasteiger partial charge in [0.25, 0.3) is 5.56 Å². The Morgan fingerprint density at radius 1 is 0.689 bits per heavy atom. The number of H-pyrrole nitrogens is 1. The number of aromatic nitrogens is 2. The molecule has 230 valence electrons. The maximum absolute atomic E-state index is 11.8. The van der Waals surface area contributed by atoms with Crippen molar-refractivity contribution in [2.45, 2.75) is 0 Å². The van der Waals surface area contributed by atoms with Gasteiger partial charge in [-0.25, -0.2) is 4.98 Å². The van der Waals surface area contributed by atoms with Gasteiger partial charge in [-0.05, 0) is 0 Å². The fourth-order valence-electron chi connectivity index (χ4n) is 3.47. The van der Waals surface area contributed by atoms with Crippen LogP contribution in [0.2, 0.25) is 0 Å².